The second kappa shape index (κ2) is 8.43. The third-order valence-corrected chi connectivity index (χ3v) is 6.91. The number of anilines is 2. The number of nitrogens with one attached hydrogen (secondary N) is 1. The molecule has 0 radical (unpaired) electrons. The molecule has 1 aliphatic rings. The molecular weight excluding hydrogens is 412 g/mol. The molecule has 31 heavy (non-hydrogen) atoms. The fraction of sp³-hybridized carbons (Fsp3) is 0.208. The van der Waals surface area contributed by atoms with Gasteiger partial charge in [-0.25, -0.2) is 8.42 Å². The normalized spacial score (nSPS) is 15.7. The minimum absolute atomic E-state index is 0.0943. The van der Waals surface area contributed by atoms with Gasteiger partial charge in [-0.15, -0.1) is 0 Å². The number of nitrogens with zero attached hydrogens (tertiary/aromatic N) is 1. The highest BCUT2D eigenvalue weighted by Crippen LogP contribution is 2.36. The molecule has 0 bridgehead atoms. The first-order valence-electron chi connectivity index (χ1n) is 10.0. The van der Waals surface area contributed by atoms with Crippen molar-refractivity contribution in [3.63, 3.8) is 0 Å². The first-order valence-corrected chi connectivity index (χ1v) is 11.6. The molecular formula is C24H24N2O4S. The van der Waals surface area contributed by atoms with Crippen molar-refractivity contribution in [2.45, 2.75) is 25.7 Å². The number of benzene rings is 3. The molecule has 4 rings (SSSR count). The van der Waals surface area contributed by atoms with Crippen LogP contribution < -0.4 is 14.4 Å². The van der Waals surface area contributed by atoms with Crippen LogP contribution in [0, 0.1) is 13.8 Å². The highest BCUT2D eigenvalue weighted by Gasteiger charge is 2.36. The highest BCUT2D eigenvalue weighted by molar-refractivity contribution is 7.92. The predicted octanol–water partition coefficient (Wildman–Crippen LogP) is 4.04. The quantitative estimate of drug-likeness (QED) is 0.655. The molecule has 1 aliphatic heterocycles. The SMILES string of the molecule is Cc1ccc(NC(=O)[C@H]2CN(S(=O)(=O)Cc3ccccc3)c3ccccc3O2)c(C)c1. The van der Waals surface area contributed by atoms with Crippen molar-refractivity contribution >= 4 is 27.3 Å². The minimum Gasteiger partial charge on any atom is -0.476 e. The molecule has 1 amide bonds. The third-order valence-electron chi connectivity index (χ3n) is 5.19. The summed E-state index contributed by atoms with van der Waals surface area (Å²) in [4.78, 5) is 13.0. The van der Waals surface area contributed by atoms with Gasteiger partial charge in [-0.05, 0) is 43.2 Å². The fourth-order valence-electron chi connectivity index (χ4n) is 3.63. The van der Waals surface area contributed by atoms with Gasteiger partial charge in [0.1, 0.15) is 5.75 Å². The third kappa shape index (κ3) is 4.56. The van der Waals surface area contributed by atoms with Crippen LogP contribution in [0.25, 0.3) is 0 Å². The van der Waals surface area contributed by atoms with Gasteiger partial charge in [-0.3, -0.25) is 9.10 Å². The van der Waals surface area contributed by atoms with Gasteiger partial charge in [0.15, 0.2) is 6.10 Å². The van der Waals surface area contributed by atoms with Crippen LogP contribution in [0.1, 0.15) is 16.7 Å². The molecule has 0 fully saturated rings. The molecule has 0 aromatic heterocycles. The maximum atomic E-state index is 13.3. The van der Waals surface area contributed by atoms with E-state index >= 15 is 0 Å². The lowest BCUT2D eigenvalue weighted by atomic mass is 10.1. The summed E-state index contributed by atoms with van der Waals surface area (Å²) in [6.07, 6.45) is -0.971. The molecule has 0 aliphatic carbocycles. The lowest BCUT2D eigenvalue weighted by Crippen LogP contribution is -2.49. The summed E-state index contributed by atoms with van der Waals surface area (Å²) in [5.74, 6) is -0.180. The highest BCUT2D eigenvalue weighted by atomic mass is 32.2. The lowest BCUT2D eigenvalue weighted by Gasteiger charge is -2.34. The molecule has 3 aromatic rings. The number of hydrogen-bond donors (Lipinski definition) is 1. The maximum Gasteiger partial charge on any atom is 0.267 e. The zero-order valence-corrected chi connectivity index (χ0v) is 18.2. The smallest absolute Gasteiger partial charge is 0.267 e. The number of para-hydroxylation sites is 2. The topological polar surface area (TPSA) is 75.7 Å². The molecule has 1 atom stereocenters. The zero-order chi connectivity index (χ0) is 22.0. The number of rotatable bonds is 5. The Morgan fingerprint density at radius 2 is 1.74 bits per heavy atom. The molecule has 3 aromatic carbocycles. The van der Waals surface area contributed by atoms with Crippen LogP contribution in [-0.4, -0.2) is 27.0 Å². The van der Waals surface area contributed by atoms with E-state index in [-0.39, 0.29) is 18.2 Å². The van der Waals surface area contributed by atoms with E-state index in [4.69, 9.17) is 4.74 Å². The van der Waals surface area contributed by atoms with Crippen LogP contribution in [0.15, 0.2) is 72.8 Å². The van der Waals surface area contributed by atoms with E-state index < -0.39 is 16.1 Å². The van der Waals surface area contributed by atoms with Gasteiger partial charge < -0.3 is 10.1 Å². The fourth-order valence-corrected chi connectivity index (χ4v) is 5.21. The first-order chi connectivity index (χ1) is 14.8. The van der Waals surface area contributed by atoms with Crippen LogP contribution >= 0.6 is 0 Å². The van der Waals surface area contributed by atoms with E-state index in [1.165, 1.54) is 4.31 Å². The maximum absolute atomic E-state index is 13.3. The summed E-state index contributed by atoms with van der Waals surface area (Å²) in [6.45, 7) is 3.80. The van der Waals surface area contributed by atoms with Crippen molar-refractivity contribution in [1.82, 2.24) is 0 Å². The van der Waals surface area contributed by atoms with E-state index in [1.54, 1.807) is 48.5 Å². The van der Waals surface area contributed by atoms with Gasteiger partial charge in [0.25, 0.3) is 5.91 Å². The number of fused-ring (bicyclic) bond motifs is 1. The number of amides is 1. The van der Waals surface area contributed by atoms with Crippen molar-refractivity contribution in [2.24, 2.45) is 0 Å². The predicted molar refractivity (Wildman–Crippen MR) is 122 cm³/mol. The van der Waals surface area contributed by atoms with Crippen molar-refractivity contribution in [3.8, 4) is 5.75 Å². The molecule has 0 spiro atoms. The Balaban J connectivity index is 1.61. The van der Waals surface area contributed by atoms with Crippen molar-refractivity contribution < 1.29 is 17.9 Å². The number of carbonyl (C=O) groups excluding carboxylic acids is 1. The van der Waals surface area contributed by atoms with E-state index in [0.717, 1.165) is 11.1 Å². The summed E-state index contributed by atoms with van der Waals surface area (Å²) in [7, 11) is -3.73. The summed E-state index contributed by atoms with van der Waals surface area (Å²) in [6, 6.07) is 21.6. The van der Waals surface area contributed by atoms with E-state index in [1.807, 2.05) is 38.1 Å². The second-order valence-corrected chi connectivity index (χ2v) is 9.55. The van der Waals surface area contributed by atoms with Crippen LogP contribution in [0.3, 0.4) is 0 Å². The molecule has 1 heterocycles. The van der Waals surface area contributed by atoms with Crippen molar-refractivity contribution in [2.75, 3.05) is 16.2 Å². The number of carbonyl (C=O) groups is 1. The average Bonchev–Trinajstić information content (AvgIpc) is 2.75. The van der Waals surface area contributed by atoms with Crippen LogP contribution in [0.5, 0.6) is 5.75 Å². The van der Waals surface area contributed by atoms with E-state index in [0.29, 0.717) is 22.7 Å². The van der Waals surface area contributed by atoms with E-state index in [9.17, 15) is 13.2 Å². The summed E-state index contributed by atoms with van der Waals surface area (Å²) in [5.41, 5.74) is 3.82. The van der Waals surface area contributed by atoms with E-state index in [2.05, 4.69) is 5.32 Å². The molecule has 7 heteroatoms. The van der Waals surface area contributed by atoms with Crippen LogP contribution in [0.4, 0.5) is 11.4 Å². The zero-order valence-electron chi connectivity index (χ0n) is 17.4. The van der Waals surface area contributed by atoms with Crippen molar-refractivity contribution in [3.05, 3.63) is 89.5 Å². The molecule has 0 unspecified atom stereocenters. The van der Waals surface area contributed by atoms with Gasteiger partial charge in [0, 0.05) is 5.69 Å². The second-order valence-electron chi connectivity index (χ2n) is 7.65. The van der Waals surface area contributed by atoms with Gasteiger partial charge in [-0.2, -0.15) is 0 Å². The number of hydrogen-bond acceptors (Lipinski definition) is 4. The number of aryl methyl sites for hydroxylation is 2. The molecule has 0 saturated heterocycles. The Hall–Kier alpha value is -3.32. The summed E-state index contributed by atoms with van der Waals surface area (Å²) < 4.78 is 33.7. The van der Waals surface area contributed by atoms with Crippen LogP contribution in [0.2, 0.25) is 0 Å². The molecule has 1 N–H and O–H groups in total. The monoisotopic (exact) mass is 436 g/mol. The largest absolute Gasteiger partial charge is 0.476 e. The minimum atomic E-state index is -3.73. The van der Waals surface area contributed by atoms with Crippen LogP contribution in [-0.2, 0) is 20.6 Å². The Morgan fingerprint density at radius 1 is 1.03 bits per heavy atom. The Morgan fingerprint density at radius 3 is 2.48 bits per heavy atom. The molecule has 6 nitrogen and oxygen atoms in total. The summed E-state index contributed by atoms with van der Waals surface area (Å²) >= 11 is 0. The average molecular weight is 437 g/mol. The van der Waals surface area contributed by atoms with Gasteiger partial charge >= 0.3 is 0 Å². The van der Waals surface area contributed by atoms with Crippen molar-refractivity contribution in [1.29, 1.82) is 0 Å². The van der Waals surface area contributed by atoms with Gasteiger partial charge in [0.05, 0.1) is 18.0 Å². The van der Waals surface area contributed by atoms with Gasteiger partial charge in [0.2, 0.25) is 10.0 Å². The Bertz CT molecular complexity index is 1210. The number of sulfonamides is 1. The first kappa shape index (κ1) is 20.9. The summed E-state index contributed by atoms with van der Waals surface area (Å²) in [5, 5.41) is 2.87. The molecule has 0 saturated carbocycles. The standard InChI is InChI=1S/C24H24N2O4S/c1-17-12-13-20(18(2)14-17)25-24(27)23-15-26(21-10-6-7-11-22(21)30-23)31(28,29)16-19-8-4-3-5-9-19/h3-14,23H,15-16H2,1-2H3,(H,25,27)/t23-/m1/s1. The van der Waals surface area contributed by atoms with Gasteiger partial charge in [-0.1, -0.05) is 60.2 Å². The Kier molecular flexibility index (Phi) is 5.69. The molecule has 160 valence electrons. The lowest BCUT2D eigenvalue weighted by molar-refractivity contribution is -0.122. The number of ether oxygens (including phenoxy) is 1. The Labute approximate surface area is 182 Å².